The first kappa shape index (κ1) is 10.5. The molecule has 0 aliphatic heterocycles. The highest BCUT2D eigenvalue weighted by molar-refractivity contribution is 5.65. The highest BCUT2D eigenvalue weighted by Crippen LogP contribution is 2.26. The number of hydrogen-bond acceptors (Lipinski definition) is 3. The van der Waals surface area contributed by atoms with Gasteiger partial charge in [-0.1, -0.05) is 12.1 Å². The number of aromatic nitrogens is 1. The Morgan fingerprint density at radius 3 is 2.50 bits per heavy atom. The molecule has 0 unspecified atom stereocenters. The Morgan fingerprint density at radius 2 is 1.88 bits per heavy atom. The van der Waals surface area contributed by atoms with E-state index in [0.717, 1.165) is 22.4 Å². The molecule has 0 atom stereocenters. The summed E-state index contributed by atoms with van der Waals surface area (Å²) >= 11 is 0. The van der Waals surface area contributed by atoms with Crippen LogP contribution in [0.2, 0.25) is 0 Å². The van der Waals surface area contributed by atoms with Crippen molar-refractivity contribution < 1.29 is 9.84 Å². The van der Waals surface area contributed by atoms with Crippen molar-refractivity contribution in [2.24, 2.45) is 0 Å². The molecule has 82 valence electrons. The Bertz CT molecular complexity index is 492. The molecule has 0 saturated carbocycles. The molecular formula is C13H13NO2. The SMILES string of the molecule is COc1cc(-c2ccc(O)nc2)ccc1C. The van der Waals surface area contributed by atoms with Crippen LogP contribution >= 0.6 is 0 Å². The van der Waals surface area contributed by atoms with E-state index in [-0.39, 0.29) is 5.88 Å². The van der Waals surface area contributed by atoms with Crippen LogP contribution in [0.15, 0.2) is 36.5 Å². The molecule has 16 heavy (non-hydrogen) atoms. The number of benzene rings is 1. The number of aromatic hydroxyl groups is 1. The van der Waals surface area contributed by atoms with E-state index in [4.69, 9.17) is 9.84 Å². The first-order chi connectivity index (χ1) is 7.70. The molecule has 0 fully saturated rings. The number of methoxy groups -OCH3 is 1. The maximum absolute atomic E-state index is 9.11. The van der Waals surface area contributed by atoms with E-state index in [1.165, 1.54) is 0 Å². The number of ether oxygens (including phenoxy) is 1. The predicted octanol–water partition coefficient (Wildman–Crippen LogP) is 2.77. The topological polar surface area (TPSA) is 42.4 Å². The van der Waals surface area contributed by atoms with Crippen LogP contribution in [0.3, 0.4) is 0 Å². The van der Waals surface area contributed by atoms with Crippen LogP contribution in [0.5, 0.6) is 11.6 Å². The largest absolute Gasteiger partial charge is 0.496 e. The Kier molecular flexibility index (Phi) is 2.77. The third-order valence-corrected chi connectivity index (χ3v) is 2.49. The molecule has 0 saturated heterocycles. The van der Waals surface area contributed by atoms with E-state index >= 15 is 0 Å². The summed E-state index contributed by atoms with van der Waals surface area (Å²) in [4.78, 5) is 3.85. The maximum atomic E-state index is 9.11. The van der Waals surface area contributed by atoms with Gasteiger partial charge in [0.1, 0.15) is 5.75 Å². The number of nitrogens with zero attached hydrogens (tertiary/aromatic N) is 1. The summed E-state index contributed by atoms with van der Waals surface area (Å²) in [6, 6.07) is 9.37. The second-order valence-corrected chi connectivity index (χ2v) is 3.59. The number of hydrogen-bond donors (Lipinski definition) is 1. The Hall–Kier alpha value is -2.03. The average molecular weight is 215 g/mol. The Balaban J connectivity index is 2.44. The van der Waals surface area contributed by atoms with Gasteiger partial charge in [-0.05, 0) is 30.2 Å². The molecule has 0 aliphatic rings. The maximum Gasteiger partial charge on any atom is 0.210 e. The fraction of sp³-hybridized carbons (Fsp3) is 0.154. The van der Waals surface area contributed by atoms with Gasteiger partial charge in [-0.3, -0.25) is 0 Å². The number of aryl methyl sites for hydroxylation is 1. The fourth-order valence-electron chi connectivity index (χ4n) is 1.56. The third-order valence-electron chi connectivity index (χ3n) is 2.49. The van der Waals surface area contributed by atoms with Crippen LogP contribution in [0.1, 0.15) is 5.56 Å². The van der Waals surface area contributed by atoms with E-state index in [9.17, 15) is 0 Å². The molecule has 0 aliphatic carbocycles. The van der Waals surface area contributed by atoms with Crippen molar-refractivity contribution in [2.75, 3.05) is 7.11 Å². The van der Waals surface area contributed by atoms with Crippen molar-refractivity contribution in [2.45, 2.75) is 6.92 Å². The summed E-state index contributed by atoms with van der Waals surface area (Å²) in [5.41, 5.74) is 3.07. The van der Waals surface area contributed by atoms with Gasteiger partial charge in [-0.15, -0.1) is 0 Å². The molecule has 1 heterocycles. The number of pyridine rings is 1. The van der Waals surface area contributed by atoms with Gasteiger partial charge in [0, 0.05) is 17.8 Å². The number of rotatable bonds is 2. The van der Waals surface area contributed by atoms with E-state index in [1.54, 1.807) is 19.4 Å². The molecule has 1 aromatic heterocycles. The van der Waals surface area contributed by atoms with Crippen molar-refractivity contribution in [3.05, 3.63) is 42.1 Å². The zero-order valence-electron chi connectivity index (χ0n) is 9.27. The molecule has 0 bridgehead atoms. The van der Waals surface area contributed by atoms with Crippen molar-refractivity contribution >= 4 is 0 Å². The zero-order valence-corrected chi connectivity index (χ0v) is 9.27. The van der Waals surface area contributed by atoms with Gasteiger partial charge in [-0.2, -0.15) is 0 Å². The molecule has 2 rings (SSSR count). The van der Waals surface area contributed by atoms with Gasteiger partial charge in [0.25, 0.3) is 0 Å². The van der Waals surface area contributed by atoms with Gasteiger partial charge in [0.05, 0.1) is 7.11 Å². The summed E-state index contributed by atoms with van der Waals surface area (Å²) in [6.45, 7) is 2.00. The first-order valence-corrected chi connectivity index (χ1v) is 5.01. The van der Waals surface area contributed by atoms with Crippen molar-refractivity contribution in [1.29, 1.82) is 0 Å². The molecule has 0 spiro atoms. The van der Waals surface area contributed by atoms with Gasteiger partial charge >= 0.3 is 0 Å². The molecule has 3 heteroatoms. The van der Waals surface area contributed by atoms with Crippen LogP contribution < -0.4 is 4.74 Å². The van der Waals surface area contributed by atoms with E-state index < -0.39 is 0 Å². The molecular weight excluding hydrogens is 202 g/mol. The minimum Gasteiger partial charge on any atom is -0.496 e. The normalized spacial score (nSPS) is 10.1. The van der Waals surface area contributed by atoms with Crippen molar-refractivity contribution in [3.63, 3.8) is 0 Å². The summed E-state index contributed by atoms with van der Waals surface area (Å²) < 4.78 is 5.26. The lowest BCUT2D eigenvalue weighted by Gasteiger charge is -2.07. The molecule has 1 N–H and O–H groups in total. The fourth-order valence-corrected chi connectivity index (χ4v) is 1.56. The molecule has 1 aromatic carbocycles. The van der Waals surface area contributed by atoms with E-state index in [2.05, 4.69) is 4.98 Å². The zero-order chi connectivity index (χ0) is 11.5. The van der Waals surface area contributed by atoms with Crippen LogP contribution in [-0.2, 0) is 0 Å². The summed E-state index contributed by atoms with van der Waals surface area (Å²) in [7, 11) is 1.65. The molecule has 0 radical (unpaired) electrons. The van der Waals surface area contributed by atoms with Gasteiger partial charge in [-0.25, -0.2) is 4.98 Å². The monoisotopic (exact) mass is 215 g/mol. The van der Waals surface area contributed by atoms with Gasteiger partial charge in [0.2, 0.25) is 5.88 Å². The Morgan fingerprint density at radius 1 is 1.12 bits per heavy atom. The minimum absolute atomic E-state index is 0.0304. The lowest BCUT2D eigenvalue weighted by Crippen LogP contribution is -1.88. The first-order valence-electron chi connectivity index (χ1n) is 5.01. The van der Waals surface area contributed by atoms with Crippen LogP contribution in [0.25, 0.3) is 11.1 Å². The van der Waals surface area contributed by atoms with Crippen LogP contribution in [-0.4, -0.2) is 17.2 Å². The highest BCUT2D eigenvalue weighted by Gasteiger charge is 2.03. The predicted molar refractivity (Wildman–Crippen MR) is 62.6 cm³/mol. The summed E-state index contributed by atoms with van der Waals surface area (Å²) in [5.74, 6) is 0.883. The van der Waals surface area contributed by atoms with Gasteiger partial charge in [0.15, 0.2) is 0 Å². The summed E-state index contributed by atoms with van der Waals surface area (Å²) in [6.07, 6.45) is 1.64. The third kappa shape index (κ3) is 1.98. The van der Waals surface area contributed by atoms with Crippen molar-refractivity contribution in [1.82, 2.24) is 4.98 Å². The van der Waals surface area contributed by atoms with Crippen molar-refractivity contribution in [3.8, 4) is 22.8 Å². The second-order valence-electron chi connectivity index (χ2n) is 3.59. The van der Waals surface area contributed by atoms with E-state index in [1.807, 2.05) is 31.2 Å². The Labute approximate surface area is 94.3 Å². The molecule has 0 amide bonds. The average Bonchev–Trinajstić information content (AvgIpc) is 2.31. The summed E-state index contributed by atoms with van der Waals surface area (Å²) in [5, 5.41) is 9.11. The smallest absolute Gasteiger partial charge is 0.210 e. The molecule has 2 aromatic rings. The standard InChI is InChI=1S/C13H13NO2/c1-9-3-4-10(7-12(9)16-2)11-5-6-13(15)14-8-11/h3-8H,1-2H3,(H,14,15). The lowest BCUT2D eigenvalue weighted by atomic mass is 10.1. The second kappa shape index (κ2) is 4.23. The highest BCUT2D eigenvalue weighted by atomic mass is 16.5. The van der Waals surface area contributed by atoms with Gasteiger partial charge < -0.3 is 9.84 Å². The van der Waals surface area contributed by atoms with Crippen LogP contribution in [0, 0.1) is 6.92 Å². The van der Waals surface area contributed by atoms with Crippen LogP contribution in [0.4, 0.5) is 0 Å². The molecule has 3 nitrogen and oxygen atoms in total. The quantitative estimate of drug-likeness (QED) is 0.837. The lowest BCUT2D eigenvalue weighted by molar-refractivity contribution is 0.412. The minimum atomic E-state index is 0.0304. The van der Waals surface area contributed by atoms with E-state index in [0.29, 0.717) is 0 Å².